The SMILES string of the molecule is CC1(C)OB(/C(=C(\c2ccc(C=O)cc2)c2ccc(-c3cnn(C4CCCCO4)c3)cc2)C2CCC2)OC1(C)C. The normalized spacial score (nSPS) is 23.0. The molecule has 0 radical (unpaired) electrons. The van der Waals surface area contributed by atoms with Gasteiger partial charge in [0.15, 0.2) is 0 Å². The number of rotatable bonds is 7. The predicted molar refractivity (Wildman–Crippen MR) is 158 cm³/mol. The molecule has 1 saturated carbocycles. The van der Waals surface area contributed by atoms with E-state index in [-0.39, 0.29) is 6.23 Å². The summed E-state index contributed by atoms with van der Waals surface area (Å²) >= 11 is 0. The Bertz CT molecular complexity index is 1360. The van der Waals surface area contributed by atoms with Crippen molar-refractivity contribution in [1.29, 1.82) is 0 Å². The maximum Gasteiger partial charge on any atom is 0.491 e. The molecule has 1 aromatic heterocycles. The molecule has 2 saturated heterocycles. The quantitative estimate of drug-likeness (QED) is 0.233. The molecule has 3 fully saturated rings. The Morgan fingerprint density at radius 3 is 2.08 bits per heavy atom. The molecule has 0 spiro atoms. The zero-order valence-electron chi connectivity index (χ0n) is 24.1. The Kier molecular flexibility index (Phi) is 7.32. The van der Waals surface area contributed by atoms with Crippen molar-refractivity contribution in [2.75, 3.05) is 6.61 Å². The van der Waals surface area contributed by atoms with E-state index in [1.807, 2.05) is 35.1 Å². The molecule has 6 nitrogen and oxygen atoms in total. The topological polar surface area (TPSA) is 62.6 Å². The summed E-state index contributed by atoms with van der Waals surface area (Å²) < 4.78 is 21.2. The summed E-state index contributed by atoms with van der Waals surface area (Å²) in [6.07, 6.45) is 11.7. The fourth-order valence-corrected chi connectivity index (χ4v) is 5.84. The van der Waals surface area contributed by atoms with Crippen LogP contribution in [-0.4, -0.2) is 41.0 Å². The van der Waals surface area contributed by atoms with Crippen molar-refractivity contribution in [3.05, 3.63) is 83.1 Å². The summed E-state index contributed by atoms with van der Waals surface area (Å²) in [5.41, 5.74) is 6.53. The average molecular weight is 538 g/mol. The fourth-order valence-electron chi connectivity index (χ4n) is 5.84. The van der Waals surface area contributed by atoms with Gasteiger partial charge in [0.1, 0.15) is 12.5 Å². The molecule has 1 unspecified atom stereocenters. The van der Waals surface area contributed by atoms with E-state index in [4.69, 9.17) is 14.0 Å². The number of nitrogens with zero attached hydrogens (tertiary/aromatic N) is 2. The summed E-state index contributed by atoms with van der Waals surface area (Å²) in [6.45, 7) is 9.23. The van der Waals surface area contributed by atoms with E-state index < -0.39 is 18.3 Å². The molecule has 2 aliphatic heterocycles. The van der Waals surface area contributed by atoms with Gasteiger partial charge >= 0.3 is 7.12 Å². The Labute approximate surface area is 237 Å². The van der Waals surface area contributed by atoms with Gasteiger partial charge < -0.3 is 14.0 Å². The maximum absolute atomic E-state index is 11.4. The molecular weight excluding hydrogens is 499 g/mol. The van der Waals surface area contributed by atoms with Crippen LogP contribution in [0.3, 0.4) is 0 Å². The van der Waals surface area contributed by atoms with Crippen LogP contribution in [0.1, 0.15) is 93.9 Å². The van der Waals surface area contributed by atoms with Gasteiger partial charge in [-0.05, 0) is 93.5 Å². The molecule has 3 heterocycles. The smallest absolute Gasteiger partial charge is 0.400 e. The van der Waals surface area contributed by atoms with E-state index in [2.05, 4.69) is 63.3 Å². The van der Waals surface area contributed by atoms with E-state index in [1.165, 1.54) is 18.3 Å². The number of aldehydes is 1. The van der Waals surface area contributed by atoms with Crippen molar-refractivity contribution in [1.82, 2.24) is 9.78 Å². The van der Waals surface area contributed by atoms with Crippen molar-refractivity contribution in [3.8, 4) is 11.1 Å². The monoisotopic (exact) mass is 538 g/mol. The predicted octanol–water partition coefficient (Wildman–Crippen LogP) is 7.30. The van der Waals surface area contributed by atoms with Gasteiger partial charge in [-0.3, -0.25) is 4.79 Å². The van der Waals surface area contributed by atoms with Crippen LogP contribution in [0.25, 0.3) is 16.7 Å². The largest absolute Gasteiger partial charge is 0.491 e. The minimum atomic E-state index is -0.426. The highest BCUT2D eigenvalue weighted by atomic mass is 16.7. The van der Waals surface area contributed by atoms with Crippen LogP contribution in [0.5, 0.6) is 0 Å². The molecular formula is C33H39BN2O4. The first kappa shape index (κ1) is 27.2. The molecule has 1 atom stereocenters. The third kappa shape index (κ3) is 5.11. The lowest BCUT2D eigenvalue weighted by atomic mass is 9.60. The highest BCUT2D eigenvalue weighted by Gasteiger charge is 2.54. The summed E-state index contributed by atoms with van der Waals surface area (Å²) in [6, 6.07) is 16.6. The van der Waals surface area contributed by atoms with Crippen LogP contribution in [0, 0.1) is 5.92 Å². The van der Waals surface area contributed by atoms with Crippen LogP contribution in [0.4, 0.5) is 0 Å². The number of carbonyl (C=O) groups excluding carboxylic acids is 1. The zero-order valence-corrected chi connectivity index (χ0v) is 24.1. The molecule has 40 heavy (non-hydrogen) atoms. The minimum Gasteiger partial charge on any atom is -0.400 e. The van der Waals surface area contributed by atoms with E-state index in [0.29, 0.717) is 11.5 Å². The summed E-state index contributed by atoms with van der Waals surface area (Å²) in [4.78, 5) is 11.4. The molecule has 7 heteroatoms. The first-order chi connectivity index (χ1) is 19.3. The molecule has 3 aromatic rings. The number of allylic oxidation sites excluding steroid dienone is 1. The first-order valence-corrected chi connectivity index (χ1v) is 14.7. The van der Waals surface area contributed by atoms with Crippen LogP contribution in [0.15, 0.2) is 66.4 Å². The van der Waals surface area contributed by atoms with Crippen molar-refractivity contribution in [3.63, 3.8) is 0 Å². The van der Waals surface area contributed by atoms with Crippen LogP contribution < -0.4 is 0 Å². The third-order valence-electron chi connectivity index (χ3n) is 9.24. The second kappa shape index (κ2) is 10.8. The third-order valence-corrected chi connectivity index (χ3v) is 9.24. The van der Waals surface area contributed by atoms with Gasteiger partial charge in [-0.15, -0.1) is 0 Å². The molecule has 6 rings (SSSR count). The Morgan fingerprint density at radius 2 is 1.52 bits per heavy atom. The second-order valence-corrected chi connectivity index (χ2v) is 12.4. The van der Waals surface area contributed by atoms with E-state index in [1.54, 1.807) is 0 Å². The van der Waals surface area contributed by atoms with Crippen molar-refractivity contribution in [2.24, 2.45) is 5.92 Å². The fraction of sp³-hybridized carbons (Fsp3) is 0.455. The lowest BCUT2D eigenvalue weighted by molar-refractivity contribution is -0.0394. The second-order valence-electron chi connectivity index (χ2n) is 12.4. The molecule has 208 valence electrons. The Balaban J connectivity index is 1.41. The first-order valence-electron chi connectivity index (χ1n) is 14.7. The van der Waals surface area contributed by atoms with Gasteiger partial charge in [0.2, 0.25) is 0 Å². The molecule has 1 aliphatic carbocycles. The zero-order chi connectivity index (χ0) is 27.9. The number of benzene rings is 2. The average Bonchev–Trinajstić information content (AvgIpc) is 3.50. The highest BCUT2D eigenvalue weighted by molar-refractivity contribution is 6.56. The van der Waals surface area contributed by atoms with Crippen molar-refractivity contribution in [2.45, 2.75) is 83.6 Å². The number of hydrogen-bond acceptors (Lipinski definition) is 5. The van der Waals surface area contributed by atoms with Crippen molar-refractivity contribution >= 4 is 19.0 Å². The molecule has 3 aliphatic rings. The standard InChI is InChI=1S/C33H39BN2O4/c1-32(2)33(3,4)40-34(39-32)31(27-8-7-9-27)30(25-13-11-23(22-37)12-14-25)26-17-15-24(16-18-26)28-20-35-36(21-28)29-10-5-6-19-38-29/h11-18,20-22,27,29H,5-10,19H2,1-4H3/b31-30+. The van der Waals surface area contributed by atoms with E-state index in [9.17, 15) is 4.79 Å². The lowest BCUT2D eigenvalue weighted by Crippen LogP contribution is -2.41. The minimum absolute atomic E-state index is 0.0237. The highest BCUT2D eigenvalue weighted by Crippen LogP contribution is 2.47. The molecule has 0 bridgehead atoms. The van der Waals surface area contributed by atoms with Crippen LogP contribution in [0.2, 0.25) is 0 Å². The van der Waals surface area contributed by atoms with Crippen LogP contribution >= 0.6 is 0 Å². The van der Waals surface area contributed by atoms with Gasteiger partial charge in [0.25, 0.3) is 0 Å². The van der Waals surface area contributed by atoms with Gasteiger partial charge in [0.05, 0.1) is 17.4 Å². The summed E-state index contributed by atoms with van der Waals surface area (Å²) in [5, 5.41) is 4.61. The van der Waals surface area contributed by atoms with Gasteiger partial charge in [-0.1, -0.05) is 55.0 Å². The lowest BCUT2D eigenvalue weighted by Gasteiger charge is -2.32. The maximum atomic E-state index is 11.4. The van der Waals surface area contributed by atoms with Gasteiger partial charge in [-0.2, -0.15) is 5.10 Å². The molecule has 0 amide bonds. The molecule has 0 N–H and O–H groups in total. The van der Waals surface area contributed by atoms with Gasteiger partial charge in [-0.25, -0.2) is 4.68 Å². The van der Waals surface area contributed by atoms with Crippen LogP contribution in [-0.2, 0) is 14.0 Å². The Morgan fingerprint density at radius 1 is 0.875 bits per heavy atom. The summed E-state index contributed by atoms with van der Waals surface area (Å²) in [5.74, 6) is 0.392. The van der Waals surface area contributed by atoms with Gasteiger partial charge in [0, 0.05) is 23.9 Å². The number of ether oxygens (including phenoxy) is 1. The van der Waals surface area contributed by atoms with E-state index >= 15 is 0 Å². The number of hydrogen-bond donors (Lipinski definition) is 0. The number of aromatic nitrogens is 2. The number of carbonyl (C=O) groups is 1. The molecule has 2 aromatic carbocycles. The Hall–Kier alpha value is -3.00. The summed E-state index contributed by atoms with van der Waals surface area (Å²) in [7, 11) is -0.426. The van der Waals surface area contributed by atoms with E-state index in [0.717, 1.165) is 66.4 Å². The van der Waals surface area contributed by atoms with Crippen molar-refractivity contribution < 1.29 is 18.8 Å².